The van der Waals surface area contributed by atoms with Crippen LogP contribution in [-0.4, -0.2) is 17.8 Å². The van der Waals surface area contributed by atoms with Crippen LogP contribution in [0.5, 0.6) is 0 Å². The van der Waals surface area contributed by atoms with Gasteiger partial charge >= 0.3 is 0 Å². The van der Waals surface area contributed by atoms with Gasteiger partial charge in [-0.3, -0.25) is 0 Å². The van der Waals surface area contributed by atoms with Gasteiger partial charge in [-0.05, 0) is 23.9 Å². The van der Waals surface area contributed by atoms with Crippen molar-refractivity contribution in [3.8, 4) is 0 Å². The number of hydrogen-bond acceptors (Lipinski definition) is 2. The molecule has 4 heteroatoms. The summed E-state index contributed by atoms with van der Waals surface area (Å²) in [7, 11) is 0. The Labute approximate surface area is 88.2 Å². The molecule has 1 atom stereocenters. The molecule has 1 aliphatic carbocycles. The van der Waals surface area contributed by atoms with Crippen molar-refractivity contribution in [2.45, 2.75) is 24.3 Å². The van der Waals surface area contributed by atoms with E-state index in [9.17, 15) is 5.11 Å². The number of aliphatic hydroxyl groups is 1. The molecule has 1 aliphatic rings. The van der Waals surface area contributed by atoms with E-state index in [-0.39, 0.29) is 18.1 Å². The highest BCUT2D eigenvalue weighted by Gasteiger charge is 2.49. The molecule has 4 nitrogen and oxygen atoms in total. The third-order valence-corrected chi connectivity index (χ3v) is 3.14. The molecule has 0 amide bonds. The van der Waals surface area contributed by atoms with Crippen LogP contribution < -0.4 is 0 Å². The van der Waals surface area contributed by atoms with Crippen LogP contribution in [0.25, 0.3) is 10.4 Å². The fourth-order valence-electron chi connectivity index (χ4n) is 2.10. The van der Waals surface area contributed by atoms with Crippen molar-refractivity contribution in [3.63, 3.8) is 0 Å². The average Bonchev–Trinajstić information content (AvgIpc) is 3.08. The minimum absolute atomic E-state index is 0.0844. The fraction of sp³-hybridized carbons (Fsp3) is 0.455. The van der Waals surface area contributed by atoms with Crippen molar-refractivity contribution in [2.75, 3.05) is 6.61 Å². The third-order valence-electron chi connectivity index (χ3n) is 3.14. The zero-order valence-corrected chi connectivity index (χ0v) is 8.37. The van der Waals surface area contributed by atoms with Crippen LogP contribution in [0.3, 0.4) is 0 Å². The topological polar surface area (TPSA) is 69.0 Å². The van der Waals surface area contributed by atoms with E-state index in [0.29, 0.717) is 0 Å². The van der Waals surface area contributed by atoms with E-state index in [1.165, 1.54) is 0 Å². The Kier molecular flexibility index (Phi) is 2.62. The van der Waals surface area contributed by atoms with Gasteiger partial charge in [0.1, 0.15) is 0 Å². The molecule has 0 aromatic heterocycles. The molecule has 1 aromatic carbocycles. The van der Waals surface area contributed by atoms with E-state index < -0.39 is 0 Å². The maximum atomic E-state index is 9.23. The molecular weight excluding hydrogens is 190 g/mol. The Morgan fingerprint density at radius 2 is 2.07 bits per heavy atom. The minimum Gasteiger partial charge on any atom is -0.396 e. The molecule has 1 fully saturated rings. The van der Waals surface area contributed by atoms with Crippen LogP contribution in [0.15, 0.2) is 35.4 Å². The second-order valence-corrected chi connectivity index (χ2v) is 3.93. The number of aliphatic hydroxyl groups excluding tert-OH is 1. The van der Waals surface area contributed by atoms with Crippen LogP contribution in [-0.2, 0) is 5.41 Å². The van der Waals surface area contributed by atoms with Gasteiger partial charge in [-0.15, -0.1) is 0 Å². The first-order valence-electron chi connectivity index (χ1n) is 5.04. The van der Waals surface area contributed by atoms with Crippen molar-refractivity contribution in [1.82, 2.24) is 0 Å². The van der Waals surface area contributed by atoms with E-state index in [1.54, 1.807) is 0 Å². The lowest BCUT2D eigenvalue weighted by atomic mass is 9.89. The van der Waals surface area contributed by atoms with Gasteiger partial charge in [0.05, 0.1) is 12.6 Å². The quantitative estimate of drug-likeness (QED) is 0.455. The largest absolute Gasteiger partial charge is 0.396 e. The Morgan fingerprint density at radius 1 is 1.40 bits per heavy atom. The second kappa shape index (κ2) is 3.93. The highest BCUT2D eigenvalue weighted by molar-refractivity contribution is 5.34. The molecule has 15 heavy (non-hydrogen) atoms. The highest BCUT2D eigenvalue weighted by Crippen LogP contribution is 2.51. The number of nitrogens with zero attached hydrogens (tertiary/aromatic N) is 3. The van der Waals surface area contributed by atoms with Crippen molar-refractivity contribution in [2.24, 2.45) is 5.11 Å². The summed E-state index contributed by atoms with van der Waals surface area (Å²) in [6.45, 7) is -0.0844. The minimum atomic E-state index is -0.329. The van der Waals surface area contributed by atoms with Gasteiger partial charge in [-0.25, -0.2) is 0 Å². The maximum absolute atomic E-state index is 9.23. The zero-order valence-electron chi connectivity index (χ0n) is 8.37. The molecule has 1 N–H and O–H groups in total. The van der Waals surface area contributed by atoms with Crippen LogP contribution in [0.4, 0.5) is 0 Å². The summed E-state index contributed by atoms with van der Waals surface area (Å²) in [6.07, 6.45) is 1.97. The summed E-state index contributed by atoms with van der Waals surface area (Å²) < 4.78 is 0. The van der Waals surface area contributed by atoms with E-state index in [4.69, 9.17) is 5.53 Å². The summed E-state index contributed by atoms with van der Waals surface area (Å²) in [6, 6.07) is 9.64. The Bertz CT molecular complexity index is 380. The maximum Gasteiger partial charge on any atom is 0.0701 e. The van der Waals surface area contributed by atoms with Crippen LogP contribution in [0.1, 0.15) is 18.4 Å². The summed E-state index contributed by atoms with van der Waals surface area (Å²) in [5.41, 5.74) is 9.51. The Hall–Kier alpha value is -1.51. The third kappa shape index (κ3) is 1.69. The first kappa shape index (κ1) is 10.0. The van der Waals surface area contributed by atoms with Gasteiger partial charge in [0.2, 0.25) is 0 Å². The van der Waals surface area contributed by atoms with Crippen molar-refractivity contribution >= 4 is 0 Å². The number of hydrogen-bond donors (Lipinski definition) is 1. The number of benzene rings is 1. The van der Waals surface area contributed by atoms with Crippen molar-refractivity contribution in [3.05, 3.63) is 46.3 Å². The molecular formula is C11H13N3O. The molecule has 0 aliphatic heterocycles. The lowest BCUT2D eigenvalue weighted by Crippen LogP contribution is -2.27. The Balaban J connectivity index is 2.31. The first-order chi connectivity index (χ1) is 7.33. The van der Waals surface area contributed by atoms with Crippen molar-refractivity contribution < 1.29 is 5.11 Å². The predicted octanol–water partition coefficient (Wildman–Crippen LogP) is 2.39. The SMILES string of the molecule is [N-]=[N+]=NC(CO)C1(c2ccccc2)CC1. The van der Waals surface area contributed by atoms with Crippen LogP contribution >= 0.6 is 0 Å². The molecule has 0 heterocycles. The molecule has 0 radical (unpaired) electrons. The van der Waals surface area contributed by atoms with E-state index >= 15 is 0 Å². The molecule has 2 rings (SSSR count). The predicted molar refractivity (Wildman–Crippen MR) is 57.4 cm³/mol. The molecule has 0 bridgehead atoms. The van der Waals surface area contributed by atoms with Crippen LogP contribution in [0, 0.1) is 0 Å². The lowest BCUT2D eigenvalue weighted by molar-refractivity contribution is 0.242. The first-order valence-corrected chi connectivity index (χ1v) is 5.04. The summed E-state index contributed by atoms with van der Waals surface area (Å²) >= 11 is 0. The van der Waals surface area contributed by atoms with E-state index in [1.807, 2.05) is 30.3 Å². The van der Waals surface area contributed by atoms with Crippen molar-refractivity contribution in [1.29, 1.82) is 0 Å². The zero-order chi connectivity index (χ0) is 10.7. The van der Waals surface area contributed by atoms with E-state index in [0.717, 1.165) is 18.4 Å². The summed E-state index contributed by atoms with van der Waals surface area (Å²) in [4.78, 5) is 2.80. The molecule has 1 unspecified atom stereocenters. The molecule has 0 spiro atoms. The molecule has 1 aromatic rings. The van der Waals surface area contributed by atoms with Gasteiger partial charge in [0, 0.05) is 10.3 Å². The van der Waals surface area contributed by atoms with E-state index in [2.05, 4.69) is 10.0 Å². The Morgan fingerprint density at radius 3 is 2.53 bits per heavy atom. The fourth-order valence-corrected chi connectivity index (χ4v) is 2.10. The summed E-state index contributed by atoms with van der Waals surface area (Å²) in [5, 5.41) is 12.9. The molecule has 78 valence electrons. The molecule has 1 saturated carbocycles. The summed E-state index contributed by atoms with van der Waals surface area (Å²) in [5.74, 6) is 0. The lowest BCUT2D eigenvalue weighted by Gasteiger charge is -2.21. The van der Waals surface area contributed by atoms with Gasteiger partial charge < -0.3 is 5.11 Å². The number of azide groups is 1. The second-order valence-electron chi connectivity index (χ2n) is 3.93. The van der Waals surface area contributed by atoms with Gasteiger partial charge in [-0.2, -0.15) is 0 Å². The average molecular weight is 203 g/mol. The smallest absolute Gasteiger partial charge is 0.0701 e. The standard InChI is InChI=1S/C11H13N3O/c12-14-13-10(8-15)11(6-7-11)9-4-2-1-3-5-9/h1-5,10,15H,6-8H2. The van der Waals surface area contributed by atoms with Gasteiger partial charge in [0.25, 0.3) is 0 Å². The molecule has 0 saturated heterocycles. The highest BCUT2D eigenvalue weighted by atomic mass is 16.3. The number of rotatable bonds is 4. The van der Waals surface area contributed by atoms with Crippen LogP contribution in [0.2, 0.25) is 0 Å². The normalized spacial score (nSPS) is 19.0. The van der Waals surface area contributed by atoms with Gasteiger partial charge in [-0.1, -0.05) is 35.4 Å². The monoisotopic (exact) mass is 203 g/mol. The van der Waals surface area contributed by atoms with Gasteiger partial charge in [0.15, 0.2) is 0 Å².